The van der Waals surface area contributed by atoms with E-state index in [0.29, 0.717) is 0 Å². The topological polar surface area (TPSA) is 52.0 Å². The third-order valence-corrected chi connectivity index (χ3v) is 5.33. The first-order chi connectivity index (χ1) is 13.7. The van der Waals surface area contributed by atoms with Gasteiger partial charge in [0, 0.05) is 11.4 Å². The van der Waals surface area contributed by atoms with Crippen molar-refractivity contribution in [2.24, 2.45) is 0 Å². The molecule has 5 rings (SSSR count). The quantitative estimate of drug-likeness (QED) is 0.279. The summed E-state index contributed by atoms with van der Waals surface area (Å²) in [5.74, 6) is 0. The molecular formula is C26H20N2. The highest BCUT2D eigenvalue weighted by Gasteiger charge is 2.15. The van der Waals surface area contributed by atoms with E-state index in [1.807, 2.05) is 24.3 Å². The van der Waals surface area contributed by atoms with Gasteiger partial charge in [-0.05, 0) is 68.1 Å². The van der Waals surface area contributed by atoms with Gasteiger partial charge in [0.15, 0.2) is 0 Å². The van der Waals surface area contributed by atoms with Gasteiger partial charge in [0.25, 0.3) is 0 Å². The molecule has 0 atom stereocenters. The van der Waals surface area contributed by atoms with E-state index in [2.05, 4.69) is 72.8 Å². The number of nitrogen functional groups attached to an aromatic ring is 2. The Labute approximate surface area is 164 Å². The van der Waals surface area contributed by atoms with Gasteiger partial charge in [-0.1, -0.05) is 72.8 Å². The van der Waals surface area contributed by atoms with Crippen LogP contribution in [0.15, 0.2) is 97.1 Å². The number of rotatable bonds is 2. The summed E-state index contributed by atoms with van der Waals surface area (Å²) in [4.78, 5) is 0. The molecule has 0 aliphatic heterocycles. The van der Waals surface area contributed by atoms with E-state index in [-0.39, 0.29) is 0 Å². The van der Waals surface area contributed by atoms with Crippen LogP contribution < -0.4 is 11.5 Å². The number of hydrogen-bond acceptors (Lipinski definition) is 2. The highest BCUT2D eigenvalue weighted by molar-refractivity contribution is 6.21. The van der Waals surface area contributed by atoms with Crippen LogP contribution in [-0.2, 0) is 0 Å². The maximum Gasteiger partial charge on any atom is 0.0314 e. The molecule has 0 aromatic heterocycles. The fourth-order valence-corrected chi connectivity index (χ4v) is 4.05. The lowest BCUT2D eigenvalue weighted by molar-refractivity contribution is 1.64. The van der Waals surface area contributed by atoms with Crippen molar-refractivity contribution in [2.75, 3.05) is 11.5 Å². The van der Waals surface area contributed by atoms with Crippen LogP contribution in [0.25, 0.3) is 43.8 Å². The molecule has 5 aromatic carbocycles. The molecule has 0 saturated carbocycles. The molecule has 0 saturated heterocycles. The molecule has 0 radical (unpaired) electrons. The Balaban J connectivity index is 1.96. The predicted octanol–water partition coefficient (Wildman–Crippen LogP) is 6.49. The Morgan fingerprint density at radius 2 is 0.643 bits per heavy atom. The van der Waals surface area contributed by atoms with E-state index in [1.165, 1.54) is 43.8 Å². The predicted molar refractivity (Wildman–Crippen MR) is 121 cm³/mol. The Morgan fingerprint density at radius 3 is 0.929 bits per heavy atom. The Morgan fingerprint density at radius 1 is 0.357 bits per heavy atom. The maximum absolute atomic E-state index is 5.93. The van der Waals surface area contributed by atoms with Crippen LogP contribution in [0.2, 0.25) is 0 Å². The van der Waals surface area contributed by atoms with Crippen molar-refractivity contribution in [3.63, 3.8) is 0 Å². The summed E-state index contributed by atoms with van der Waals surface area (Å²) in [5, 5.41) is 4.94. The largest absolute Gasteiger partial charge is 0.399 e. The molecule has 0 unspecified atom stereocenters. The van der Waals surface area contributed by atoms with Crippen LogP contribution in [0.1, 0.15) is 0 Å². The van der Waals surface area contributed by atoms with Gasteiger partial charge in [-0.25, -0.2) is 0 Å². The zero-order valence-electron chi connectivity index (χ0n) is 15.4. The lowest BCUT2D eigenvalue weighted by Crippen LogP contribution is -1.91. The molecule has 4 N–H and O–H groups in total. The van der Waals surface area contributed by atoms with Crippen molar-refractivity contribution in [1.82, 2.24) is 0 Å². The molecule has 0 heterocycles. The summed E-state index contributed by atoms with van der Waals surface area (Å²) < 4.78 is 0. The molecule has 5 aromatic rings. The summed E-state index contributed by atoms with van der Waals surface area (Å²) in [6.45, 7) is 0. The summed E-state index contributed by atoms with van der Waals surface area (Å²) in [6.07, 6.45) is 0. The summed E-state index contributed by atoms with van der Waals surface area (Å²) in [6, 6.07) is 33.5. The molecule has 0 fully saturated rings. The van der Waals surface area contributed by atoms with E-state index < -0.39 is 0 Å². The van der Waals surface area contributed by atoms with Crippen molar-refractivity contribution in [1.29, 1.82) is 0 Å². The zero-order chi connectivity index (χ0) is 19.1. The lowest BCUT2D eigenvalue weighted by atomic mass is 9.86. The SMILES string of the molecule is Nc1ccc(-c2c3ccccc3c(-c3ccc(N)cc3)c3ccccc23)cc1. The number of benzene rings is 5. The molecule has 0 aliphatic carbocycles. The fourth-order valence-electron chi connectivity index (χ4n) is 4.05. The van der Waals surface area contributed by atoms with Crippen LogP contribution in [0.5, 0.6) is 0 Å². The smallest absolute Gasteiger partial charge is 0.0314 e. The molecule has 0 bridgehead atoms. The second-order valence-corrected chi connectivity index (χ2v) is 7.09. The van der Waals surface area contributed by atoms with Crippen molar-refractivity contribution < 1.29 is 0 Å². The van der Waals surface area contributed by atoms with Gasteiger partial charge in [-0.15, -0.1) is 0 Å². The third kappa shape index (κ3) is 2.58. The molecule has 2 heteroatoms. The molecule has 134 valence electrons. The van der Waals surface area contributed by atoms with Crippen LogP contribution in [0.3, 0.4) is 0 Å². The van der Waals surface area contributed by atoms with Crippen LogP contribution in [0, 0.1) is 0 Å². The van der Waals surface area contributed by atoms with Gasteiger partial charge in [-0.2, -0.15) is 0 Å². The fraction of sp³-hybridized carbons (Fsp3) is 0. The summed E-state index contributed by atoms with van der Waals surface area (Å²) >= 11 is 0. The van der Waals surface area contributed by atoms with Crippen LogP contribution >= 0.6 is 0 Å². The molecule has 0 amide bonds. The van der Waals surface area contributed by atoms with Gasteiger partial charge in [0.05, 0.1) is 0 Å². The molecular weight excluding hydrogens is 340 g/mol. The average Bonchev–Trinajstić information content (AvgIpc) is 2.74. The Hall–Kier alpha value is -3.78. The monoisotopic (exact) mass is 360 g/mol. The molecule has 2 nitrogen and oxygen atoms in total. The minimum absolute atomic E-state index is 0.774. The van der Waals surface area contributed by atoms with Crippen LogP contribution in [-0.4, -0.2) is 0 Å². The number of fused-ring (bicyclic) bond motifs is 2. The second kappa shape index (κ2) is 6.43. The van der Waals surface area contributed by atoms with Crippen molar-refractivity contribution in [2.45, 2.75) is 0 Å². The first-order valence-electron chi connectivity index (χ1n) is 9.37. The van der Waals surface area contributed by atoms with Crippen molar-refractivity contribution in [3.05, 3.63) is 97.1 Å². The van der Waals surface area contributed by atoms with E-state index in [4.69, 9.17) is 11.5 Å². The Bertz CT molecular complexity index is 1140. The van der Waals surface area contributed by atoms with Crippen molar-refractivity contribution in [3.8, 4) is 22.3 Å². The van der Waals surface area contributed by atoms with E-state index in [9.17, 15) is 0 Å². The van der Waals surface area contributed by atoms with E-state index >= 15 is 0 Å². The summed E-state index contributed by atoms with van der Waals surface area (Å²) in [7, 11) is 0. The highest BCUT2D eigenvalue weighted by atomic mass is 14.5. The first kappa shape index (κ1) is 16.4. The number of hydrogen-bond donors (Lipinski definition) is 2. The van der Waals surface area contributed by atoms with Gasteiger partial charge in [-0.3, -0.25) is 0 Å². The summed E-state index contributed by atoms with van der Waals surface area (Å²) in [5.41, 5.74) is 18.2. The van der Waals surface area contributed by atoms with Gasteiger partial charge < -0.3 is 11.5 Å². The minimum Gasteiger partial charge on any atom is -0.399 e. The number of nitrogens with two attached hydrogens (primary N) is 2. The van der Waals surface area contributed by atoms with Crippen molar-refractivity contribution >= 4 is 32.9 Å². The highest BCUT2D eigenvalue weighted by Crippen LogP contribution is 2.43. The number of anilines is 2. The Kier molecular flexibility index (Phi) is 3.77. The van der Waals surface area contributed by atoms with E-state index in [0.717, 1.165) is 11.4 Å². The minimum atomic E-state index is 0.774. The normalized spacial score (nSPS) is 11.1. The average molecular weight is 360 g/mol. The maximum atomic E-state index is 5.93. The molecule has 0 spiro atoms. The van der Waals surface area contributed by atoms with E-state index in [1.54, 1.807) is 0 Å². The lowest BCUT2D eigenvalue weighted by Gasteiger charge is -2.17. The third-order valence-electron chi connectivity index (χ3n) is 5.33. The first-order valence-corrected chi connectivity index (χ1v) is 9.37. The second-order valence-electron chi connectivity index (χ2n) is 7.09. The molecule has 0 aliphatic rings. The van der Waals surface area contributed by atoms with Gasteiger partial charge >= 0.3 is 0 Å². The standard InChI is InChI=1S/C26H20N2/c27-19-13-9-17(10-14-19)25-21-5-1-2-6-22(21)26(18-11-15-20(28)16-12-18)24-8-4-3-7-23(24)25/h1-16H,27-28H2. The zero-order valence-corrected chi connectivity index (χ0v) is 15.4. The van der Waals surface area contributed by atoms with Gasteiger partial charge in [0.2, 0.25) is 0 Å². The van der Waals surface area contributed by atoms with Gasteiger partial charge in [0.1, 0.15) is 0 Å². The van der Waals surface area contributed by atoms with Crippen LogP contribution in [0.4, 0.5) is 11.4 Å². The molecule has 28 heavy (non-hydrogen) atoms.